The van der Waals surface area contributed by atoms with Gasteiger partial charge in [0.25, 0.3) is 0 Å². The number of hydrogen-bond donors (Lipinski definition) is 0. The monoisotopic (exact) mass is 407 g/mol. The van der Waals surface area contributed by atoms with Crippen molar-refractivity contribution in [3.63, 3.8) is 0 Å². The highest BCUT2D eigenvalue weighted by molar-refractivity contribution is 8.00. The third-order valence-corrected chi connectivity index (χ3v) is 6.79. The van der Waals surface area contributed by atoms with Gasteiger partial charge in [0.15, 0.2) is 0 Å². The lowest BCUT2D eigenvalue weighted by Gasteiger charge is -2.34. The quantitative estimate of drug-likeness (QED) is 0.702. The Labute approximate surface area is 168 Å². The molecule has 7 heteroatoms. The Bertz CT molecular complexity index is 762. The molecule has 27 heavy (non-hydrogen) atoms. The van der Waals surface area contributed by atoms with Crippen LogP contribution in [0.1, 0.15) is 31.5 Å². The number of hydrogen-bond acceptors (Lipinski definition) is 5. The molecule has 1 fully saturated rings. The molecule has 2 aromatic rings. The van der Waals surface area contributed by atoms with Gasteiger partial charge in [-0.05, 0) is 24.3 Å². The van der Waals surface area contributed by atoms with Crippen molar-refractivity contribution in [2.24, 2.45) is 0 Å². The van der Waals surface area contributed by atoms with Gasteiger partial charge < -0.3 is 4.90 Å². The summed E-state index contributed by atoms with van der Waals surface area (Å²) in [7, 11) is 0. The van der Waals surface area contributed by atoms with Crippen LogP contribution in [-0.2, 0) is 16.8 Å². The Morgan fingerprint density at radius 2 is 1.85 bits per heavy atom. The van der Waals surface area contributed by atoms with Gasteiger partial charge in [-0.2, -0.15) is 0 Å². The van der Waals surface area contributed by atoms with Gasteiger partial charge >= 0.3 is 0 Å². The summed E-state index contributed by atoms with van der Waals surface area (Å²) in [5.41, 5.74) is 1.22. The van der Waals surface area contributed by atoms with Crippen LogP contribution in [0.5, 0.6) is 0 Å². The lowest BCUT2D eigenvalue weighted by Crippen LogP contribution is -2.48. The van der Waals surface area contributed by atoms with E-state index in [9.17, 15) is 9.18 Å². The van der Waals surface area contributed by atoms with E-state index in [-0.39, 0.29) is 17.1 Å². The Kier molecular flexibility index (Phi) is 6.55. The number of carbonyl (C=O) groups is 1. The van der Waals surface area contributed by atoms with E-state index in [0.29, 0.717) is 5.75 Å². The number of thioether (sulfide) groups is 1. The number of amides is 1. The minimum absolute atomic E-state index is 0.0935. The first-order valence-electron chi connectivity index (χ1n) is 9.14. The van der Waals surface area contributed by atoms with Crippen molar-refractivity contribution in [3.05, 3.63) is 46.2 Å². The van der Waals surface area contributed by atoms with Gasteiger partial charge in [-0.25, -0.2) is 9.37 Å². The summed E-state index contributed by atoms with van der Waals surface area (Å²) in [6.45, 7) is 10.6. The van der Waals surface area contributed by atoms with Crippen LogP contribution < -0.4 is 0 Å². The highest BCUT2D eigenvalue weighted by Crippen LogP contribution is 2.26. The first kappa shape index (κ1) is 20.3. The number of carbonyl (C=O) groups excluding carboxylic acids is 1. The second-order valence-electron chi connectivity index (χ2n) is 7.79. The Morgan fingerprint density at radius 1 is 1.19 bits per heavy atom. The maximum absolute atomic E-state index is 12.9. The third-order valence-electron chi connectivity index (χ3n) is 4.48. The summed E-state index contributed by atoms with van der Waals surface area (Å²) >= 11 is 3.19. The first-order chi connectivity index (χ1) is 12.8. The summed E-state index contributed by atoms with van der Waals surface area (Å²) < 4.78 is 12.9. The molecule has 0 spiro atoms. The molecule has 1 amide bonds. The second-order valence-corrected chi connectivity index (χ2v) is 9.70. The van der Waals surface area contributed by atoms with Gasteiger partial charge in [0, 0.05) is 48.4 Å². The van der Waals surface area contributed by atoms with Crippen molar-refractivity contribution in [2.75, 3.05) is 31.9 Å². The molecule has 1 aromatic heterocycles. The second kappa shape index (κ2) is 8.71. The lowest BCUT2D eigenvalue weighted by atomic mass is 9.98. The standard InChI is InChI=1S/C20H26FN3OS2/c1-20(2,3)19-22-16(13-27-19)12-23-8-10-24(11-9-23)18(25)14-26-17-6-4-15(21)5-7-17/h4-7,13H,8-12,14H2,1-3H3. The Hall–Kier alpha value is -1.44. The number of rotatable bonds is 5. The van der Waals surface area contributed by atoms with Crippen LogP contribution in [0, 0.1) is 5.82 Å². The molecule has 146 valence electrons. The normalized spacial score (nSPS) is 15.9. The van der Waals surface area contributed by atoms with E-state index >= 15 is 0 Å². The minimum Gasteiger partial charge on any atom is -0.339 e. The fourth-order valence-electron chi connectivity index (χ4n) is 2.88. The fourth-order valence-corrected chi connectivity index (χ4v) is 4.58. The topological polar surface area (TPSA) is 36.4 Å². The summed E-state index contributed by atoms with van der Waals surface area (Å²) in [6, 6.07) is 6.28. The molecule has 0 aliphatic carbocycles. The van der Waals surface area contributed by atoms with Crippen LogP contribution in [0.25, 0.3) is 0 Å². The van der Waals surface area contributed by atoms with Crippen LogP contribution in [0.2, 0.25) is 0 Å². The van der Waals surface area contributed by atoms with Crippen LogP contribution >= 0.6 is 23.1 Å². The van der Waals surface area contributed by atoms with Gasteiger partial charge in [0.1, 0.15) is 5.82 Å². The molecule has 0 N–H and O–H groups in total. The van der Waals surface area contributed by atoms with E-state index in [1.165, 1.54) is 28.9 Å². The summed E-state index contributed by atoms with van der Waals surface area (Å²) in [5, 5.41) is 3.32. The summed E-state index contributed by atoms with van der Waals surface area (Å²) in [6.07, 6.45) is 0. The molecule has 3 rings (SSSR count). The SMILES string of the molecule is CC(C)(C)c1nc(CN2CCN(C(=O)CSc3ccc(F)cc3)CC2)cs1. The van der Waals surface area contributed by atoms with E-state index in [1.807, 2.05) is 4.90 Å². The van der Waals surface area contributed by atoms with E-state index in [1.54, 1.807) is 23.5 Å². The van der Waals surface area contributed by atoms with E-state index in [2.05, 4.69) is 31.1 Å². The largest absolute Gasteiger partial charge is 0.339 e. The molecule has 0 bridgehead atoms. The molecule has 2 heterocycles. The van der Waals surface area contributed by atoms with Crippen LogP contribution in [0.4, 0.5) is 4.39 Å². The van der Waals surface area contributed by atoms with Crippen LogP contribution in [0.3, 0.4) is 0 Å². The molecule has 0 unspecified atom stereocenters. The summed E-state index contributed by atoms with van der Waals surface area (Å²) in [4.78, 5) is 22.4. The fraction of sp³-hybridized carbons (Fsp3) is 0.500. The Balaban J connectivity index is 1.43. The maximum atomic E-state index is 12.9. The molecule has 0 radical (unpaired) electrons. The molecule has 1 aliphatic rings. The van der Waals surface area contributed by atoms with Gasteiger partial charge in [-0.3, -0.25) is 9.69 Å². The van der Waals surface area contributed by atoms with Gasteiger partial charge in [-0.1, -0.05) is 20.8 Å². The molecule has 0 saturated carbocycles. The lowest BCUT2D eigenvalue weighted by molar-refractivity contribution is -0.130. The van der Waals surface area contributed by atoms with Crippen LogP contribution in [-0.4, -0.2) is 52.6 Å². The van der Waals surface area contributed by atoms with Crippen LogP contribution in [0.15, 0.2) is 34.5 Å². The maximum Gasteiger partial charge on any atom is 0.233 e. The third kappa shape index (κ3) is 5.77. The molecule has 1 aromatic carbocycles. The van der Waals surface area contributed by atoms with Gasteiger partial charge in [-0.15, -0.1) is 23.1 Å². The zero-order valence-electron chi connectivity index (χ0n) is 16.1. The number of nitrogens with zero attached hydrogens (tertiary/aromatic N) is 3. The highest BCUT2D eigenvalue weighted by atomic mass is 32.2. The number of benzene rings is 1. The van der Waals surface area contributed by atoms with Crippen molar-refractivity contribution in [1.29, 1.82) is 0 Å². The molecular weight excluding hydrogens is 381 g/mol. The van der Waals surface area contributed by atoms with Crippen molar-refractivity contribution < 1.29 is 9.18 Å². The zero-order chi connectivity index (χ0) is 19.4. The number of thiazole rings is 1. The molecule has 1 saturated heterocycles. The van der Waals surface area contributed by atoms with Crippen molar-refractivity contribution in [2.45, 2.75) is 37.6 Å². The Morgan fingerprint density at radius 3 is 2.44 bits per heavy atom. The predicted molar refractivity (Wildman–Crippen MR) is 110 cm³/mol. The van der Waals surface area contributed by atoms with Crippen molar-refractivity contribution in [3.8, 4) is 0 Å². The minimum atomic E-state index is -0.253. The number of halogens is 1. The van der Waals surface area contributed by atoms with E-state index in [0.717, 1.165) is 43.3 Å². The average Bonchev–Trinajstić information content (AvgIpc) is 3.10. The van der Waals surface area contributed by atoms with Crippen molar-refractivity contribution in [1.82, 2.24) is 14.8 Å². The molecule has 4 nitrogen and oxygen atoms in total. The number of aromatic nitrogens is 1. The molecule has 1 aliphatic heterocycles. The number of piperazine rings is 1. The summed E-state index contributed by atoms with van der Waals surface area (Å²) in [5.74, 6) is 0.288. The van der Waals surface area contributed by atoms with Gasteiger partial charge in [0.05, 0.1) is 16.5 Å². The molecular formula is C20H26FN3OS2. The van der Waals surface area contributed by atoms with Gasteiger partial charge in [0.2, 0.25) is 5.91 Å². The zero-order valence-corrected chi connectivity index (χ0v) is 17.7. The van der Waals surface area contributed by atoms with Crippen molar-refractivity contribution >= 4 is 29.0 Å². The van der Waals surface area contributed by atoms with E-state index in [4.69, 9.17) is 4.98 Å². The predicted octanol–water partition coefficient (Wildman–Crippen LogP) is 4.02. The smallest absolute Gasteiger partial charge is 0.233 e. The highest BCUT2D eigenvalue weighted by Gasteiger charge is 2.23. The average molecular weight is 408 g/mol. The van der Waals surface area contributed by atoms with E-state index < -0.39 is 0 Å². The first-order valence-corrected chi connectivity index (χ1v) is 11.0. The molecule has 0 atom stereocenters.